The van der Waals surface area contributed by atoms with Crippen molar-refractivity contribution < 1.29 is 14.4 Å². The van der Waals surface area contributed by atoms with Gasteiger partial charge in [-0.15, -0.1) is 0 Å². The Morgan fingerprint density at radius 1 is 1.26 bits per heavy atom. The van der Waals surface area contributed by atoms with E-state index in [4.69, 9.17) is 5.73 Å². The predicted molar refractivity (Wildman–Crippen MR) is 116 cm³/mol. The molecular formula is C22H26N6O3. The number of primary amides is 1. The second-order valence-corrected chi connectivity index (χ2v) is 8.01. The summed E-state index contributed by atoms with van der Waals surface area (Å²) in [7, 11) is 1.88. The molecule has 2 unspecified atom stereocenters. The monoisotopic (exact) mass is 422 g/mol. The first kappa shape index (κ1) is 20.8. The Kier molecular flexibility index (Phi) is 5.85. The van der Waals surface area contributed by atoms with Gasteiger partial charge in [0.2, 0.25) is 11.8 Å². The van der Waals surface area contributed by atoms with Crippen LogP contribution in [0.1, 0.15) is 34.9 Å². The van der Waals surface area contributed by atoms with Gasteiger partial charge < -0.3 is 21.3 Å². The van der Waals surface area contributed by atoms with E-state index in [1.165, 1.54) is 0 Å². The Labute approximate surface area is 180 Å². The van der Waals surface area contributed by atoms with Gasteiger partial charge in [-0.05, 0) is 49.2 Å². The Bertz CT molecular complexity index is 993. The minimum absolute atomic E-state index is 0.140. The van der Waals surface area contributed by atoms with E-state index < -0.39 is 0 Å². The second kappa shape index (κ2) is 8.73. The first-order valence-corrected chi connectivity index (χ1v) is 10.3. The maximum atomic E-state index is 12.4. The lowest BCUT2D eigenvalue weighted by Crippen LogP contribution is -2.45. The summed E-state index contributed by atoms with van der Waals surface area (Å²) < 4.78 is 0. The van der Waals surface area contributed by atoms with Crippen molar-refractivity contribution in [2.45, 2.75) is 19.0 Å². The quantitative estimate of drug-likeness (QED) is 0.664. The SMILES string of the molecule is CN1c2ncccc2C(=O)NC1c1ccc(NC(=O)CN2CCCC(C(N)=O)C2)cc1. The molecule has 1 fully saturated rings. The molecule has 3 heterocycles. The van der Waals surface area contributed by atoms with Gasteiger partial charge in [-0.3, -0.25) is 19.3 Å². The second-order valence-electron chi connectivity index (χ2n) is 8.01. The topological polar surface area (TPSA) is 121 Å². The smallest absolute Gasteiger partial charge is 0.256 e. The number of hydrogen-bond acceptors (Lipinski definition) is 6. The maximum Gasteiger partial charge on any atom is 0.256 e. The third kappa shape index (κ3) is 4.51. The minimum Gasteiger partial charge on any atom is -0.369 e. The van der Waals surface area contributed by atoms with E-state index in [0.717, 1.165) is 24.9 Å². The zero-order chi connectivity index (χ0) is 22.0. The van der Waals surface area contributed by atoms with Crippen LogP contribution < -0.4 is 21.3 Å². The molecule has 4 N–H and O–H groups in total. The molecule has 0 radical (unpaired) electrons. The predicted octanol–water partition coefficient (Wildman–Crippen LogP) is 1.10. The highest BCUT2D eigenvalue weighted by atomic mass is 16.2. The highest BCUT2D eigenvalue weighted by Gasteiger charge is 2.30. The summed E-state index contributed by atoms with van der Waals surface area (Å²) in [6, 6.07) is 10.8. The molecule has 4 rings (SSSR count). The molecule has 1 saturated heterocycles. The summed E-state index contributed by atoms with van der Waals surface area (Å²) >= 11 is 0. The molecule has 1 aromatic heterocycles. The van der Waals surface area contributed by atoms with Crippen LogP contribution in [0.5, 0.6) is 0 Å². The van der Waals surface area contributed by atoms with Crippen LogP contribution in [-0.4, -0.2) is 54.3 Å². The molecule has 162 valence electrons. The van der Waals surface area contributed by atoms with Crippen LogP contribution in [0, 0.1) is 5.92 Å². The van der Waals surface area contributed by atoms with E-state index in [1.807, 2.05) is 41.1 Å². The Hall–Kier alpha value is -3.46. The number of benzene rings is 1. The van der Waals surface area contributed by atoms with E-state index >= 15 is 0 Å². The van der Waals surface area contributed by atoms with E-state index in [1.54, 1.807) is 18.3 Å². The van der Waals surface area contributed by atoms with Gasteiger partial charge in [-0.2, -0.15) is 0 Å². The summed E-state index contributed by atoms with van der Waals surface area (Å²) in [5.41, 5.74) is 7.49. The van der Waals surface area contributed by atoms with Crippen molar-refractivity contribution in [2.75, 3.05) is 36.9 Å². The molecule has 0 saturated carbocycles. The minimum atomic E-state index is -0.348. The largest absolute Gasteiger partial charge is 0.369 e. The number of aromatic nitrogens is 1. The number of nitrogens with two attached hydrogens (primary N) is 1. The number of nitrogens with one attached hydrogen (secondary N) is 2. The lowest BCUT2D eigenvalue weighted by Gasteiger charge is -2.35. The van der Waals surface area contributed by atoms with Crippen molar-refractivity contribution in [3.8, 4) is 0 Å². The lowest BCUT2D eigenvalue weighted by molar-refractivity contribution is -0.125. The summed E-state index contributed by atoms with van der Waals surface area (Å²) in [6.45, 7) is 1.51. The van der Waals surface area contributed by atoms with E-state index in [-0.39, 0.29) is 36.3 Å². The van der Waals surface area contributed by atoms with Gasteiger partial charge in [-0.25, -0.2) is 4.98 Å². The molecule has 0 bridgehead atoms. The fraction of sp³-hybridized carbons (Fsp3) is 0.364. The Balaban J connectivity index is 1.38. The number of hydrogen-bond donors (Lipinski definition) is 3. The molecule has 0 spiro atoms. The number of pyridine rings is 1. The fourth-order valence-corrected chi connectivity index (χ4v) is 4.17. The molecule has 2 aliphatic heterocycles. The molecule has 9 nitrogen and oxygen atoms in total. The van der Waals surface area contributed by atoms with Crippen LogP contribution >= 0.6 is 0 Å². The number of piperidine rings is 1. The highest BCUT2D eigenvalue weighted by Crippen LogP contribution is 2.30. The van der Waals surface area contributed by atoms with Gasteiger partial charge in [0, 0.05) is 25.5 Å². The van der Waals surface area contributed by atoms with E-state index in [0.29, 0.717) is 23.6 Å². The highest BCUT2D eigenvalue weighted by molar-refractivity contribution is 6.01. The number of nitrogens with zero attached hydrogens (tertiary/aromatic N) is 3. The number of likely N-dealkylation sites (tertiary alicyclic amines) is 1. The average molecular weight is 422 g/mol. The molecule has 2 atom stereocenters. The van der Waals surface area contributed by atoms with Crippen LogP contribution in [-0.2, 0) is 9.59 Å². The van der Waals surface area contributed by atoms with Gasteiger partial charge in [-0.1, -0.05) is 12.1 Å². The van der Waals surface area contributed by atoms with E-state index in [9.17, 15) is 14.4 Å². The lowest BCUT2D eigenvalue weighted by atomic mass is 9.97. The van der Waals surface area contributed by atoms with E-state index in [2.05, 4.69) is 15.6 Å². The standard InChI is InChI=1S/C22H26N6O3/c1-27-20(26-22(31)17-5-2-10-24-21(17)27)14-6-8-16(9-7-14)25-18(29)13-28-11-3-4-15(12-28)19(23)30/h2,5-10,15,20H,3-4,11-13H2,1H3,(H2,23,30)(H,25,29)(H,26,31). The van der Waals surface area contributed by atoms with Crippen LogP contribution in [0.3, 0.4) is 0 Å². The molecular weight excluding hydrogens is 396 g/mol. The van der Waals surface area contributed by atoms with Gasteiger partial charge in [0.25, 0.3) is 5.91 Å². The van der Waals surface area contributed by atoms with Gasteiger partial charge >= 0.3 is 0 Å². The molecule has 3 amide bonds. The average Bonchev–Trinajstić information content (AvgIpc) is 2.77. The van der Waals surface area contributed by atoms with Crippen LogP contribution in [0.4, 0.5) is 11.5 Å². The zero-order valence-electron chi connectivity index (χ0n) is 17.4. The van der Waals surface area contributed by atoms with Crippen molar-refractivity contribution >= 4 is 29.2 Å². The van der Waals surface area contributed by atoms with Crippen LogP contribution in [0.2, 0.25) is 0 Å². The molecule has 31 heavy (non-hydrogen) atoms. The molecule has 2 aliphatic rings. The van der Waals surface area contributed by atoms with Crippen LogP contribution in [0.15, 0.2) is 42.6 Å². The van der Waals surface area contributed by atoms with Crippen molar-refractivity contribution in [1.82, 2.24) is 15.2 Å². The summed E-state index contributed by atoms with van der Waals surface area (Å²) in [4.78, 5) is 44.5. The van der Waals surface area contributed by atoms with Gasteiger partial charge in [0.1, 0.15) is 12.0 Å². The van der Waals surface area contributed by atoms with Crippen molar-refractivity contribution in [3.63, 3.8) is 0 Å². The number of carbonyl (C=O) groups is 3. The maximum absolute atomic E-state index is 12.4. The number of rotatable bonds is 5. The summed E-state index contributed by atoms with van der Waals surface area (Å²) in [5, 5.41) is 5.87. The van der Waals surface area contributed by atoms with Crippen molar-refractivity contribution in [1.29, 1.82) is 0 Å². The number of fused-ring (bicyclic) bond motifs is 1. The normalized spacial score (nSPS) is 21.2. The summed E-state index contributed by atoms with van der Waals surface area (Å²) in [5.74, 6) is -0.177. The fourth-order valence-electron chi connectivity index (χ4n) is 4.17. The Morgan fingerprint density at radius 2 is 2.03 bits per heavy atom. The van der Waals surface area contributed by atoms with Crippen molar-refractivity contribution in [3.05, 3.63) is 53.7 Å². The Morgan fingerprint density at radius 3 is 2.77 bits per heavy atom. The van der Waals surface area contributed by atoms with Crippen LogP contribution in [0.25, 0.3) is 0 Å². The number of anilines is 2. The third-order valence-corrected chi connectivity index (χ3v) is 5.81. The summed E-state index contributed by atoms with van der Waals surface area (Å²) in [6.07, 6.45) is 2.95. The molecule has 1 aromatic carbocycles. The van der Waals surface area contributed by atoms with Gasteiger partial charge in [0.15, 0.2) is 0 Å². The molecule has 9 heteroatoms. The first-order chi connectivity index (χ1) is 14.9. The molecule has 0 aliphatic carbocycles. The first-order valence-electron chi connectivity index (χ1n) is 10.3. The number of carbonyl (C=O) groups excluding carboxylic acids is 3. The number of amides is 3. The van der Waals surface area contributed by atoms with Gasteiger partial charge in [0.05, 0.1) is 18.0 Å². The third-order valence-electron chi connectivity index (χ3n) is 5.81. The molecule has 2 aromatic rings. The zero-order valence-corrected chi connectivity index (χ0v) is 17.4. The van der Waals surface area contributed by atoms with Crippen molar-refractivity contribution in [2.24, 2.45) is 11.7 Å².